The van der Waals surface area contributed by atoms with Gasteiger partial charge in [0.05, 0.1) is 22.3 Å². The summed E-state index contributed by atoms with van der Waals surface area (Å²) < 4.78 is 52.9. The van der Waals surface area contributed by atoms with Crippen LogP contribution in [-0.2, 0) is 0 Å². The minimum Gasteiger partial charge on any atom is -0.497 e. The summed E-state index contributed by atoms with van der Waals surface area (Å²) in [5.41, 5.74) is 4.24. The molecule has 0 bridgehead atoms. The number of allylic oxidation sites excluding steroid dienone is 2. The van der Waals surface area contributed by atoms with E-state index in [1.165, 1.54) is 0 Å². The highest BCUT2D eigenvalue weighted by atomic mass is 16.5. The van der Waals surface area contributed by atoms with Gasteiger partial charge in [0.25, 0.3) is 0 Å². The second-order valence-electron chi connectivity index (χ2n) is 4.92. The summed E-state index contributed by atoms with van der Waals surface area (Å²) in [6.45, 7) is 4.12. The van der Waals surface area contributed by atoms with Crippen molar-refractivity contribution in [3.05, 3.63) is 59.7 Å². The van der Waals surface area contributed by atoms with Crippen LogP contribution in [0.5, 0.6) is 11.5 Å². The molecular weight excluding hydrogens is 272 g/mol. The molecule has 2 heteroatoms. The summed E-state index contributed by atoms with van der Waals surface area (Å²) >= 11 is 0. The lowest BCUT2D eigenvalue weighted by Gasteiger charge is -2.15. The van der Waals surface area contributed by atoms with Crippen LogP contribution >= 0.6 is 0 Å². The van der Waals surface area contributed by atoms with Crippen molar-refractivity contribution in [3.8, 4) is 11.5 Å². The average Bonchev–Trinajstić information content (AvgIpc) is 2.59. The Morgan fingerprint density at radius 3 is 1.36 bits per heavy atom. The van der Waals surface area contributed by atoms with Gasteiger partial charge >= 0.3 is 0 Å². The lowest BCUT2D eigenvalue weighted by Crippen LogP contribution is -1.93. The Kier molecular flexibility index (Phi) is 3.40. The lowest BCUT2D eigenvalue weighted by atomic mass is 9.91. The molecule has 2 rings (SSSR count). The Bertz CT molecular complexity index is 733. The summed E-state index contributed by atoms with van der Waals surface area (Å²) in [7, 11) is -4.95. The Morgan fingerprint density at radius 1 is 0.727 bits per heavy atom. The molecule has 0 radical (unpaired) electrons. The number of hydrogen-bond donors (Lipinski definition) is 0. The largest absolute Gasteiger partial charge is 0.497 e. The van der Waals surface area contributed by atoms with Gasteiger partial charge in [-0.25, -0.2) is 0 Å². The zero-order valence-corrected chi connectivity index (χ0v) is 12.8. The number of rotatable bonds is 6. The average molecular weight is 302 g/mol. The molecule has 0 amide bonds. The van der Waals surface area contributed by atoms with Crippen molar-refractivity contribution in [2.75, 3.05) is 14.1 Å². The summed E-state index contributed by atoms with van der Waals surface area (Å²) in [6.07, 6.45) is 1.58. The molecule has 2 aromatic carbocycles. The van der Waals surface area contributed by atoms with Crippen molar-refractivity contribution in [3.63, 3.8) is 0 Å². The standard InChI is InChI=1S/C20H24O2/c1-5-19(15-7-11-17(21-3)12-8-15)20(6-2)16-9-13-18(22-4)14-10-16/h7-14H,5-6H2,1-4H3/b20-19+/i3D3,4D3. The predicted molar refractivity (Wildman–Crippen MR) is 93.4 cm³/mol. The Morgan fingerprint density at radius 2 is 1.09 bits per heavy atom. The van der Waals surface area contributed by atoms with E-state index in [4.69, 9.17) is 17.7 Å². The van der Waals surface area contributed by atoms with Crippen LogP contribution in [0, 0.1) is 0 Å². The molecule has 0 aromatic heterocycles. The normalized spacial score (nSPS) is 17.0. The van der Waals surface area contributed by atoms with E-state index in [2.05, 4.69) is 13.8 Å². The van der Waals surface area contributed by atoms with Gasteiger partial charge in [0.2, 0.25) is 0 Å². The molecule has 0 fully saturated rings. The van der Waals surface area contributed by atoms with E-state index in [0.29, 0.717) is 11.5 Å². The van der Waals surface area contributed by atoms with Gasteiger partial charge in [0, 0.05) is 0 Å². The molecule has 0 atom stereocenters. The maximum atomic E-state index is 7.18. The minimum absolute atomic E-state index is 0.295. The van der Waals surface area contributed by atoms with E-state index < -0.39 is 14.1 Å². The van der Waals surface area contributed by atoms with E-state index in [-0.39, 0.29) is 0 Å². The van der Waals surface area contributed by atoms with Gasteiger partial charge in [0.15, 0.2) is 0 Å². The van der Waals surface area contributed by atoms with Gasteiger partial charge in [0.1, 0.15) is 11.5 Å². The van der Waals surface area contributed by atoms with Crippen molar-refractivity contribution in [2.45, 2.75) is 26.7 Å². The highest BCUT2D eigenvalue weighted by molar-refractivity contribution is 5.90. The second kappa shape index (κ2) is 7.69. The number of methoxy groups -OCH3 is 2. The maximum Gasteiger partial charge on any atom is 0.118 e. The molecule has 2 aromatic rings. The third kappa shape index (κ3) is 3.51. The Labute approximate surface area is 141 Å². The van der Waals surface area contributed by atoms with Gasteiger partial charge in [-0.1, -0.05) is 38.1 Å². The van der Waals surface area contributed by atoms with Crippen LogP contribution in [0.15, 0.2) is 48.5 Å². The van der Waals surface area contributed by atoms with E-state index in [1.807, 2.05) is 24.3 Å². The van der Waals surface area contributed by atoms with E-state index in [1.54, 1.807) is 24.3 Å². The van der Waals surface area contributed by atoms with Crippen LogP contribution in [0.2, 0.25) is 0 Å². The van der Waals surface area contributed by atoms with Crippen LogP contribution in [0.4, 0.5) is 0 Å². The highest BCUT2D eigenvalue weighted by Gasteiger charge is 2.09. The molecule has 0 spiro atoms. The topological polar surface area (TPSA) is 18.5 Å². The van der Waals surface area contributed by atoms with E-state index >= 15 is 0 Å². The van der Waals surface area contributed by atoms with Crippen LogP contribution in [-0.4, -0.2) is 14.1 Å². The van der Waals surface area contributed by atoms with Crippen molar-refractivity contribution in [1.82, 2.24) is 0 Å². The molecule has 0 aliphatic carbocycles. The second-order valence-corrected chi connectivity index (χ2v) is 4.92. The zero-order chi connectivity index (χ0) is 20.9. The first-order valence-electron chi connectivity index (χ1n) is 10.3. The van der Waals surface area contributed by atoms with Crippen molar-refractivity contribution < 1.29 is 17.7 Å². The summed E-state index contributed by atoms with van der Waals surface area (Å²) in [5, 5.41) is 0. The molecule has 0 saturated heterocycles. The van der Waals surface area contributed by atoms with Gasteiger partial charge < -0.3 is 9.47 Å². The molecule has 0 unspecified atom stereocenters. The van der Waals surface area contributed by atoms with Gasteiger partial charge in [-0.2, -0.15) is 0 Å². The molecule has 22 heavy (non-hydrogen) atoms. The Balaban J connectivity index is 2.34. The number of ether oxygens (including phenoxy) is 2. The van der Waals surface area contributed by atoms with Crippen molar-refractivity contribution >= 4 is 11.1 Å². The first-order valence-corrected chi connectivity index (χ1v) is 7.33. The minimum atomic E-state index is -2.47. The third-order valence-electron chi connectivity index (χ3n) is 3.71. The number of hydrogen-bond acceptors (Lipinski definition) is 2. The molecule has 0 N–H and O–H groups in total. The fourth-order valence-corrected chi connectivity index (χ4v) is 2.63. The van der Waals surface area contributed by atoms with Crippen LogP contribution in [0.3, 0.4) is 0 Å². The molecular formula is C20H24O2. The molecule has 0 heterocycles. The van der Waals surface area contributed by atoms with Gasteiger partial charge in [-0.15, -0.1) is 0 Å². The van der Waals surface area contributed by atoms with Crippen LogP contribution in [0.1, 0.15) is 46.0 Å². The third-order valence-corrected chi connectivity index (χ3v) is 3.71. The quantitative estimate of drug-likeness (QED) is 0.662. The summed E-state index contributed by atoms with van der Waals surface area (Å²) in [4.78, 5) is 0. The smallest absolute Gasteiger partial charge is 0.118 e. The van der Waals surface area contributed by atoms with E-state index in [0.717, 1.165) is 35.1 Å². The van der Waals surface area contributed by atoms with E-state index in [9.17, 15) is 0 Å². The molecule has 2 nitrogen and oxygen atoms in total. The van der Waals surface area contributed by atoms with Crippen molar-refractivity contribution in [2.24, 2.45) is 0 Å². The van der Waals surface area contributed by atoms with Crippen LogP contribution in [0.25, 0.3) is 11.1 Å². The zero-order valence-electron chi connectivity index (χ0n) is 18.8. The summed E-state index contributed by atoms with van der Waals surface area (Å²) in [6, 6.07) is 14.0. The monoisotopic (exact) mass is 302 g/mol. The predicted octanol–water partition coefficient (Wildman–Crippen LogP) is 5.43. The fourth-order valence-electron chi connectivity index (χ4n) is 2.63. The first kappa shape index (κ1) is 9.73. The summed E-state index contributed by atoms with van der Waals surface area (Å²) in [5.74, 6) is 0.590. The fraction of sp³-hybridized carbons (Fsp3) is 0.300. The van der Waals surface area contributed by atoms with Crippen LogP contribution < -0.4 is 9.47 Å². The molecule has 116 valence electrons. The van der Waals surface area contributed by atoms with Crippen molar-refractivity contribution in [1.29, 1.82) is 0 Å². The van der Waals surface area contributed by atoms with Gasteiger partial charge in [-0.3, -0.25) is 0 Å². The van der Waals surface area contributed by atoms with Gasteiger partial charge in [-0.05, 0) is 59.4 Å². The SMILES string of the molecule is [2H]C([2H])([2H])Oc1ccc(/C(CC)=C(\CC)c2ccc(OC([2H])([2H])[2H])cc2)cc1. The Hall–Kier alpha value is -2.22. The molecule has 0 aliphatic heterocycles. The maximum absolute atomic E-state index is 7.18. The molecule has 0 aliphatic rings. The number of benzene rings is 2. The lowest BCUT2D eigenvalue weighted by molar-refractivity contribution is 0.414. The highest BCUT2D eigenvalue weighted by Crippen LogP contribution is 2.32. The molecule has 0 saturated carbocycles. The first-order chi connectivity index (χ1) is 13.0.